The highest BCUT2D eigenvalue weighted by Crippen LogP contribution is 2.13. The van der Waals surface area contributed by atoms with E-state index in [1.165, 1.54) is 28.6 Å². The van der Waals surface area contributed by atoms with Crippen LogP contribution in [0.3, 0.4) is 0 Å². The first kappa shape index (κ1) is 10.2. The standard InChI is InChI=1S/C11H15IN2/c12-9-3-1-4-10(7-9)14-8-11-5-2-6-13-11/h1,3-4,7,11,13-14H,2,5-6,8H2. The zero-order valence-electron chi connectivity index (χ0n) is 8.09. The van der Waals surface area contributed by atoms with Gasteiger partial charge < -0.3 is 10.6 Å². The van der Waals surface area contributed by atoms with Gasteiger partial charge in [0.15, 0.2) is 0 Å². The highest BCUT2D eigenvalue weighted by molar-refractivity contribution is 14.1. The molecule has 2 rings (SSSR count). The summed E-state index contributed by atoms with van der Waals surface area (Å²) in [6.07, 6.45) is 2.62. The summed E-state index contributed by atoms with van der Waals surface area (Å²) in [5.41, 5.74) is 1.23. The van der Waals surface area contributed by atoms with Crippen molar-refractivity contribution in [1.82, 2.24) is 5.32 Å². The largest absolute Gasteiger partial charge is 0.383 e. The monoisotopic (exact) mass is 302 g/mol. The maximum atomic E-state index is 3.48. The summed E-state index contributed by atoms with van der Waals surface area (Å²) in [5, 5.41) is 6.94. The van der Waals surface area contributed by atoms with Gasteiger partial charge in [-0.25, -0.2) is 0 Å². The van der Waals surface area contributed by atoms with Crippen LogP contribution in [-0.4, -0.2) is 19.1 Å². The number of halogens is 1. The molecule has 0 radical (unpaired) electrons. The lowest BCUT2D eigenvalue weighted by molar-refractivity contribution is 0.633. The molecule has 2 N–H and O–H groups in total. The van der Waals surface area contributed by atoms with E-state index in [1.54, 1.807) is 0 Å². The molecule has 0 spiro atoms. The molecular formula is C11H15IN2. The van der Waals surface area contributed by atoms with E-state index in [0.717, 1.165) is 6.54 Å². The first-order valence-corrected chi connectivity index (χ1v) is 6.15. The molecule has 3 heteroatoms. The third-order valence-electron chi connectivity index (χ3n) is 2.54. The van der Waals surface area contributed by atoms with Crippen molar-refractivity contribution >= 4 is 28.3 Å². The Labute approximate surface area is 98.6 Å². The summed E-state index contributed by atoms with van der Waals surface area (Å²) < 4.78 is 1.28. The summed E-state index contributed by atoms with van der Waals surface area (Å²) in [6, 6.07) is 9.16. The number of anilines is 1. The van der Waals surface area contributed by atoms with Crippen molar-refractivity contribution in [3.63, 3.8) is 0 Å². The molecule has 1 saturated heterocycles. The average molecular weight is 302 g/mol. The number of nitrogens with one attached hydrogen (secondary N) is 2. The SMILES string of the molecule is Ic1cccc(NCC2CCCN2)c1. The van der Waals surface area contributed by atoms with E-state index in [0.29, 0.717) is 6.04 Å². The van der Waals surface area contributed by atoms with Crippen molar-refractivity contribution in [3.8, 4) is 0 Å². The highest BCUT2D eigenvalue weighted by atomic mass is 127. The molecule has 14 heavy (non-hydrogen) atoms. The maximum absolute atomic E-state index is 3.48. The molecule has 0 amide bonds. The zero-order valence-corrected chi connectivity index (χ0v) is 10.3. The van der Waals surface area contributed by atoms with E-state index < -0.39 is 0 Å². The van der Waals surface area contributed by atoms with Crippen LogP contribution in [0.5, 0.6) is 0 Å². The van der Waals surface area contributed by atoms with Crippen LogP contribution in [-0.2, 0) is 0 Å². The Morgan fingerprint density at radius 2 is 2.43 bits per heavy atom. The van der Waals surface area contributed by atoms with Gasteiger partial charge in [-0.15, -0.1) is 0 Å². The summed E-state index contributed by atoms with van der Waals surface area (Å²) in [6.45, 7) is 2.22. The zero-order chi connectivity index (χ0) is 9.80. The third-order valence-corrected chi connectivity index (χ3v) is 3.21. The van der Waals surface area contributed by atoms with Crippen molar-refractivity contribution < 1.29 is 0 Å². The molecule has 1 aromatic carbocycles. The second-order valence-corrected chi connectivity index (χ2v) is 4.93. The van der Waals surface area contributed by atoms with Crippen molar-refractivity contribution in [2.24, 2.45) is 0 Å². The molecule has 0 aliphatic carbocycles. The number of hydrogen-bond acceptors (Lipinski definition) is 2. The van der Waals surface area contributed by atoms with Gasteiger partial charge in [0.25, 0.3) is 0 Å². The normalized spacial score (nSPS) is 21.1. The van der Waals surface area contributed by atoms with Crippen LogP contribution < -0.4 is 10.6 Å². The fourth-order valence-corrected chi connectivity index (χ4v) is 2.31. The minimum atomic E-state index is 0.660. The van der Waals surface area contributed by atoms with Crippen LogP contribution in [0.25, 0.3) is 0 Å². The van der Waals surface area contributed by atoms with Gasteiger partial charge in [0.2, 0.25) is 0 Å². The minimum absolute atomic E-state index is 0.660. The van der Waals surface area contributed by atoms with Gasteiger partial charge in [0.1, 0.15) is 0 Å². The lowest BCUT2D eigenvalue weighted by Crippen LogP contribution is -2.29. The Morgan fingerprint density at radius 3 is 3.14 bits per heavy atom. The van der Waals surface area contributed by atoms with Crippen LogP contribution >= 0.6 is 22.6 Å². The Balaban J connectivity index is 1.85. The molecule has 1 unspecified atom stereocenters. The van der Waals surface area contributed by atoms with Crippen LogP contribution in [0.15, 0.2) is 24.3 Å². The van der Waals surface area contributed by atoms with Crippen molar-refractivity contribution in [3.05, 3.63) is 27.8 Å². The minimum Gasteiger partial charge on any atom is -0.383 e. The summed E-state index contributed by atoms with van der Waals surface area (Å²) in [5.74, 6) is 0. The smallest absolute Gasteiger partial charge is 0.0351 e. The predicted octanol–water partition coefficient (Wildman–Crippen LogP) is 2.46. The van der Waals surface area contributed by atoms with Crippen molar-refractivity contribution in [1.29, 1.82) is 0 Å². The van der Waals surface area contributed by atoms with Crippen molar-refractivity contribution in [2.45, 2.75) is 18.9 Å². The third kappa shape index (κ3) is 2.85. The predicted molar refractivity (Wildman–Crippen MR) is 68.7 cm³/mol. The second-order valence-electron chi connectivity index (χ2n) is 3.68. The molecule has 76 valence electrons. The number of hydrogen-bond donors (Lipinski definition) is 2. The van der Waals surface area contributed by atoms with Gasteiger partial charge in [-0.1, -0.05) is 6.07 Å². The molecule has 1 aliphatic rings. The quantitative estimate of drug-likeness (QED) is 0.838. The van der Waals surface area contributed by atoms with Gasteiger partial charge >= 0.3 is 0 Å². The number of rotatable bonds is 3. The van der Waals surface area contributed by atoms with E-state index in [2.05, 4.69) is 57.5 Å². The fourth-order valence-electron chi connectivity index (χ4n) is 1.77. The van der Waals surface area contributed by atoms with E-state index in [-0.39, 0.29) is 0 Å². The molecule has 1 aliphatic heterocycles. The lowest BCUT2D eigenvalue weighted by atomic mass is 10.2. The highest BCUT2D eigenvalue weighted by Gasteiger charge is 2.12. The molecule has 1 atom stereocenters. The van der Waals surface area contributed by atoms with Gasteiger partial charge in [-0.2, -0.15) is 0 Å². The van der Waals surface area contributed by atoms with Gasteiger partial charge in [-0.3, -0.25) is 0 Å². The topological polar surface area (TPSA) is 24.1 Å². The van der Waals surface area contributed by atoms with Gasteiger partial charge in [0.05, 0.1) is 0 Å². The Kier molecular flexibility index (Phi) is 3.64. The van der Waals surface area contributed by atoms with Crippen LogP contribution in [0.4, 0.5) is 5.69 Å². The molecule has 1 fully saturated rings. The summed E-state index contributed by atoms with van der Waals surface area (Å²) in [7, 11) is 0. The molecule has 2 nitrogen and oxygen atoms in total. The second kappa shape index (κ2) is 4.98. The average Bonchev–Trinajstić information content (AvgIpc) is 2.67. The maximum Gasteiger partial charge on any atom is 0.0351 e. The number of benzene rings is 1. The fraction of sp³-hybridized carbons (Fsp3) is 0.455. The molecule has 1 aromatic rings. The summed E-state index contributed by atoms with van der Waals surface area (Å²) in [4.78, 5) is 0. The van der Waals surface area contributed by atoms with Crippen LogP contribution in [0.1, 0.15) is 12.8 Å². The first-order chi connectivity index (χ1) is 6.84. The molecule has 0 bridgehead atoms. The Hall–Kier alpha value is -0.290. The van der Waals surface area contributed by atoms with E-state index in [9.17, 15) is 0 Å². The summed E-state index contributed by atoms with van der Waals surface area (Å²) >= 11 is 2.34. The van der Waals surface area contributed by atoms with Crippen LogP contribution in [0, 0.1) is 3.57 Å². The van der Waals surface area contributed by atoms with E-state index in [4.69, 9.17) is 0 Å². The first-order valence-electron chi connectivity index (χ1n) is 5.07. The van der Waals surface area contributed by atoms with Gasteiger partial charge in [0, 0.05) is 21.8 Å². The lowest BCUT2D eigenvalue weighted by Gasteiger charge is -2.12. The molecule has 0 saturated carbocycles. The van der Waals surface area contributed by atoms with Crippen LogP contribution in [0.2, 0.25) is 0 Å². The Morgan fingerprint density at radius 1 is 1.50 bits per heavy atom. The van der Waals surface area contributed by atoms with Gasteiger partial charge in [-0.05, 0) is 60.2 Å². The molecular weight excluding hydrogens is 287 g/mol. The van der Waals surface area contributed by atoms with E-state index >= 15 is 0 Å². The van der Waals surface area contributed by atoms with Crippen molar-refractivity contribution in [2.75, 3.05) is 18.4 Å². The Bertz CT molecular complexity index is 295. The van der Waals surface area contributed by atoms with E-state index in [1.807, 2.05) is 0 Å². The molecule has 1 heterocycles. The molecule has 0 aromatic heterocycles.